The lowest BCUT2D eigenvalue weighted by molar-refractivity contribution is -0.142. The van der Waals surface area contributed by atoms with Gasteiger partial charge in [0.15, 0.2) is 0 Å². The normalized spacial score (nSPS) is 17.0. The van der Waals surface area contributed by atoms with Crippen LogP contribution in [-0.4, -0.2) is 27.4 Å². The maximum absolute atomic E-state index is 12.2. The minimum atomic E-state index is -0.764. The van der Waals surface area contributed by atoms with E-state index in [2.05, 4.69) is 11.1 Å². The molecule has 1 aliphatic rings. The molecular formula is C12H16N4O. The summed E-state index contributed by atoms with van der Waals surface area (Å²) >= 11 is 0. The highest BCUT2D eigenvalue weighted by Crippen LogP contribution is 2.41. The monoisotopic (exact) mass is 232 g/mol. The first-order valence-electron chi connectivity index (χ1n) is 5.72. The van der Waals surface area contributed by atoms with Gasteiger partial charge in [-0.15, -0.1) is 0 Å². The first-order valence-corrected chi connectivity index (χ1v) is 5.72. The molecule has 0 aromatic carbocycles. The summed E-state index contributed by atoms with van der Waals surface area (Å²) in [6.07, 6.45) is 5.89. The van der Waals surface area contributed by atoms with Crippen LogP contribution in [0.15, 0.2) is 12.4 Å². The van der Waals surface area contributed by atoms with Gasteiger partial charge >= 0.3 is 0 Å². The Labute approximate surface area is 101 Å². The lowest BCUT2D eigenvalue weighted by atomic mass is 9.69. The highest BCUT2D eigenvalue weighted by molar-refractivity contribution is 5.86. The summed E-state index contributed by atoms with van der Waals surface area (Å²) < 4.78 is 1.88. The van der Waals surface area contributed by atoms with E-state index < -0.39 is 5.41 Å². The number of nitrogens with zero attached hydrogens (tertiary/aromatic N) is 4. The third-order valence-corrected chi connectivity index (χ3v) is 3.48. The highest BCUT2D eigenvalue weighted by Gasteiger charge is 2.46. The Morgan fingerprint density at radius 3 is 2.82 bits per heavy atom. The van der Waals surface area contributed by atoms with E-state index in [1.165, 1.54) is 0 Å². The molecule has 0 spiro atoms. The van der Waals surface area contributed by atoms with Gasteiger partial charge in [-0.05, 0) is 19.3 Å². The molecule has 0 bridgehead atoms. The minimum Gasteiger partial charge on any atom is -0.337 e. The molecule has 1 heterocycles. The SMILES string of the molecule is CN(Cc1nccn1C)C(=O)C1(C#N)CCC1. The Balaban J connectivity index is 2.06. The van der Waals surface area contributed by atoms with E-state index in [4.69, 9.17) is 5.26 Å². The number of rotatable bonds is 3. The third kappa shape index (κ3) is 1.91. The van der Waals surface area contributed by atoms with Gasteiger partial charge in [-0.3, -0.25) is 4.79 Å². The number of carbonyl (C=O) groups is 1. The average Bonchev–Trinajstić information content (AvgIpc) is 2.63. The summed E-state index contributed by atoms with van der Waals surface area (Å²) in [6, 6.07) is 2.17. The number of hydrogen-bond donors (Lipinski definition) is 0. The van der Waals surface area contributed by atoms with Crippen LogP contribution in [0, 0.1) is 16.7 Å². The molecule has 0 N–H and O–H groups in total. The van der Waals surface area contributed by atoms with Crippen molar-refractivity contribution in [3.05, 3.63) is 18.2 Å². The van der Waals surface area contributed by atoms with Crippen LogP contribution in [0.1, 0.15) is 25.1 Å². The second-order valence-corrected chi connectivity index (χ2v) is 4.66. The van der Waals surface area contributed by atoms with Gasteiger partial charge in [0.25, 0.3) is 0 Å². The van der Waals surface area contributed by atoms with Crippen molar-refractivity contribution in [1.29, 1.82) is 5.26 Å². The van der Waals surface area contributed by atoms with E-state index in [1.807, 2.05) is 17.8 Å². The van der Waals surface area contributed by atoms with Gasteiger partial charge in [-0.1, -0.05) is 0 Å². The largest absolute Gasteiger partial charge is 0.337 e. The fourth-order valence-corrected chi connectivity index (χ4v) is 2.10. The highest BCUT2D eigenvalue weighted by atomic mass is 16.2. The van der Waals surface area contributed by atoms with Gasteiger partial charge in [-0.25, -0.2) is 4.98 Å². The smallest absolute Gasteiger partial charge is 0.243 e. The summed E-state index contributed by atoms with van der Waals surface area (Å²) in [7, 11) is 3.62. The van der Waals surface area contributed by atoms with Crippen molar-refractivity contribution in [2.24, 2.45) is 12.5 Å². The fraction of sp³-hybridized carbons (Fsp3) is 0.583. The number of carbonyl (C=O) groups excluding carboxylic acids is 1. The van der Waals surface area contributed by atoms with Crippen LogP contribution in [0.4, 0.5) is 0 Å². The standard InChI is InChI=1S/C12H16N4O/c1-15-7-6-14-10(15)8-16(2)11(17)12(9-13)4-3-5-12/h6-7H,3-5,8H2,1-2H3. The molecular weight excluding hydrogens is 216 g/mol. The summed E-state index contributed by atoms with van der Waals surface area (Å²) in [5, 5.41) is 9.12. The average molecular weight is 232 g/mol. The number of aryl methyl sites for hydroxylation is 1. The Morgan fingerprint density at radius 1 is 1.71 bits per heavy atom. The van der Waals surface area contributed by atoms with Crippen LogP contribution in [0.25, 0.3) is 0 Å². The van der Waals surface area contributed by atoms with Gasteiger partial charge in [0.2, 0.25) is 5.91 Å². The molecule has 1 fully saturated rings. The number of aromatic nitrogens is 2. The second kappa shape index (κ2) is 4.21. The first-order chi connectivity index (χ1) is 8.09. The Morgan fingerprint density at radius 2 is 2.41 bits per heavy atom. The van der Waals surface area contributed by atoms with Crippen LogP contribution < -0.4 is 0 Å². The molecule has 0 aliphatic heterocycles. The molecule has 90 valence electrons. The molecule has 2 rings (SSSR count). The summed E-state index contributed by atoms with van der Waals surface area (Å²) in [5.41, 5.74) is -0.764. The number of hydrogen-bond acceptors (Lipinski definition) is 3. The molecule has 1 aromatic heterocycles. The van der Waals surface area contributed by atoms with Crippen molar-refractivity contribution in [2.45, 2.75) is 25.8 Å². The van der Waals surface area contributed by atoms with Gasteiger partial charge in [-0.2, -0.15) is 5.26 Å². The van der Waals surface area contributed by atoms with Crippen LogP contribution in [0.5, 0.6) is 0 Å². The quantitative estimate of drug-likeness (QED) is 0.783. The zero-order chi connectivity index (χ0) is 12.5. The van der Waals surface area contributed by atoms with Gasteiger partial charge in [0, 0.05) is 26.5 Å². The van der Waals surface area contributed by atoms with E-state index in [0.717, 1.165) is 12.2 Å². The number of amides is 1. The number of nitriles is 1. The summed E-state index contributed by atoms with van der Waals surface area (Å²) in [6.45, 7) is 0.450. The predicted octanol–water partition coefficient (Wildman–Crippen LogP) is 1.07. The molecule has 0 atom stereocenters. The van der Waals surface area contributed by atoms with E-state index in [-0.39, 0.29) is 5.91 Å². The first kappa shape index (κ1) is 11.6. The van der Waals surface area contributed by atoms with Crippen molar-refractivity contribution >= 4 is 5.91 Å². The number of imidazole rings is 1. The Kier molecular flexibility index (Phi) is 2.88. The molecule has 5 heteroatoms. The van der Waals surface area contributed by atoms with E-state index in [9.17, 15) is 4.79 Å². The molecule has 0 unspecified atom stereocenters. The van der Waals surface area contributed by atoms with Crippen molar-refractivity contribution in [3.8, 4) is 6.07 Å². The van der Waals surface area contributed by atoms with Crippen LogP contribution in [0.2, 0.25) is 0 Å². The molecule has 1 amide bonds. The maximum atomic E-state index is 12.2. The topological polar surface area (TPSA) is 61.9 Å². The molecule has 0 radical (unpaired) electrons. The lowest BCUT2D eigenvalue weighted by Crippen LogP contribution is -2.45. The van der Waals surface area contributed by atoms with Crippen molar-refractivity contribution in [3.63, 3.8) is 0 Å². The second-order valence-electron chi connectivity index (χ2n) is 4.66. The summed E-state index contributed by atoms with van der Waals surface area (Å²) in [4.78, 5) is 18.0. The van der Waals surface area contributed by atoms with Crippen LogP contribution in [0.3, 0.4) is 0 Å². The Hall–Kier alpha value is -1.83. The lowest BCUT2D eigenvalue weighted by Gasteiger charge is -2.36. The van der Waals surface area contributed by atoms with Gasteiger partial charge < -0.3 is 9.47 Å². The zero-order valence-corrected chi connectivity index (χ0v) is 10.2. The zero-order valence-electron chi connectivity index (χ0n) is 10.2. The fourth-order valence-electron chi connectivity index (χ4n) is 2.10. The molecule has 1 saturated carbocycles. The Bertz CT molecular complexity index is 467. The molecule has 1 aromatic rings. The van der Waals surface area contributed by atoms with Crippen molar-refractivity contribution < 1.29 is 4.79 Å². The molecule has 5 nitrogen and oxygen atoms in total. The van der Waals surface area contributed by atoms with Crippen molar-refractivity contribution in [1.82, 2.24) is 14.5 Å². The van der Waals surface area contributed by atoms with Gasteiger partial charge in [0.1, 0.15) is 11.2 Å². The molecule has 17 heavy (non-hydrogen) atoms. The molecule has 1 aliphatic carbocycles. The predicted molar refractivity (Wildman–Crippen MR) is 61.6 cm³/mol. The van der Waals surface area contributed by atoms with E-state index >= 15 is 0 Å². The van der Waals surface area contributed by atoms with E-state index in [0.29, 0.717) is 19.4 Å². The van der Waals surface area contributed by atoms with Crippen LogP contribution in [-0.2, 0) is 18.4 Å². The maximum Gasteiger partial charge on any atom is 0.243 e. The van der Waals surface area contributed by atoms with Crippen molar-refractivity contribution in [2.75, 3.05) is 7.05 Å². The van der Waals surface area contributed by atoms with Gasteiger partial charge in [0.05, 0.1) is 12.6 Å². The minimum absolute atomic E-state index is 0.0748. The summed E-state index contributed by atoms with van der Waals surface area (Å²) in [5.74, 6) is 0.752. The van der Waals surface area contributed by atoms with Crippen LogP contribution >= 0.6 is 0 Å². The molecule has 0 saturated heterocycles. The van der Waals surface area contributed by atoms with E-state index in [1.54, 1.807) is 18.1 Å². The third-order valence-electron chi connectivity index (χ3n) is 3.48.